The van der Waals surface area contributed by atoms with Gasteiger partial charge in [-0.05, 0) is 92.0 Å². The topological polar surface area (TPSA) is 110 Å². The summed E-state index contributed by atoms with van der Waals surface area (Å²) < 4.78 is 0. The lowest BCUT2D eigenvalue weighted by Crippen LogP contribution is -2.44. The van der Waals surface area contributed by atoms with Gasteiger partial charge in [-0.3, -0.25) is 25.3 Å². The van der Waals surface area contributed by atoms with E-state index >= 15 is 0 Å². The Morgan fingerprint density at radius 1 is 0.795 bits per heavy atom. The Labute approximate surface area is 245 Å². The van der Waals surface area contributed by atoms with E-state index in [2.05, 4.69) is 31.7 Å². The minimum Gasteiger partial charge on any atom is -0.331 e. The summed E-state index contributed by atoms with van der Waals surface area (Å²) in [4.78, 5) is 27.2. The molecular weight excluding hydrogens is 577 g/mol. The van der Waals surface area contributed by atoms with Crippen molar-refractivity contribution in [3.05, 3.63) is 94.0 Å². The molecule has 0 bridgehead atoms. The van der Waals surface area contributed by atoms with E-state index < -0.39 is 17.9 Å². The van der Waals surface area contributed by atoms with Crippen LogP contribution in [0.3, 0.4) is 0 Å². The monoisotopic (exact) mass is 597 g/mol. The average molecular weight is 599 g/mol. The average Bonchev–Trinajstić information content (AvgIpc) is 3.18. The van der Waals surface area contributed by atoms with Gasteiger partial charge in [0.25, 0.3) is 11.8 Å². The lowest BCUT2D eigenvalue weighted by molar-refractivity contribution is 0.0636. The van der Waals surface area contributed by atoms with E-state index in [-0.39, 0.29) is 15.9 Å². The van der Waals surface area contributed by atoms with Crippen molar-refractivity contribution in [3.63, 3.8) is 0 Å². The van der Waals surface area contributed by atoms with E-state index in [9.17, 15) is 9.59 Å². The number of thiocarbonyl (C=S) groups is 2. The third-order valence-corrected chi connectivity index (χ3v) is 6.39. The summed E-state index contributed by atoms with van der Waals surface area (Å²) in [5.74, 6) is -0.863. The first-order chi connectivity index (χ1) is 18.7. The van der Waals surface area contributed by atoms with Crippen LogP contribution in [0.15, 0.2) is 83.0 Å². The maximum atomic E-state index is 13.0. The Morgan fingerprint density at radius 3 is 1.74 bits per heavy atom. The predicted molar refractivity (Wildman–Crippen MR) is 164 cm³/mol. The highest BCUT2D eigenvalue weighted by Crippen LogP contribution is 2.24. The molecular formula is C26H21Cl2N7O2S2. The van der Waals surface area contributed by atoms with Crippen molar-refractivity contribution in [2.24, 2.45) is 10.2 Å². The largest absolute Gasteiger partial charge is 0.331 e. The van der Waals surface area contributed by atoms with Crippen LogP contribution in [0.25, 0.3) is 0 Å². The zero-order valence-electron chi connectivity index (χ0n) is 20.3. The molecule has 1 atom stereocenters. The predicted octanol–water partition coefficient (Wildman–Crippen LogP) is 5.29. The molecule has 0 saturated heterocycles. The lowest BCUT2D eigenvalue weighted by Gasteiger charge is -2.22. The SMILES string of the molecule is CC(C(/C=N\NC(=S)Nc1ccc(Cl)cc1)=N\NC(=S)Nc1ccc(Cl)cc1)N1C(=O)c2ccccc2C1=O. The molecule has 1 heterocycles. The number of halogens is 2. The summed E-state index contributed by atoms with van der Waals surface area (Å²) in [5, 5.41) is 16.0. The second-order valence-electron chi connectivity index (χ2n) is 8.14. The van der Waals surface area contributed by atoms with Gasteiger partial charge in [0, 0.05) is 21.4 Å². The molecule has 3 aromatic rings. The Morgan fingerprint density at radius 2 is 1.26 bits per heavy atom. The lowest BCUT2D eigenvalue weighted by atomic mass is 10.1. The van der Waals surface area contributed by atoms with Gasteiger partial charge in [0.2, 0.25) is 0 Å². The summed E-state index contributed by atoms with van der Waals surface area (Å²) in [7, 11) is 0. The van der Waals surface area contributed by atoms with Gasteiger partial charge in [-0.25, -0.2) is 0 Å². The third kappa shape index (κ3) is 7.15. The van der Waals surface area contributed by atoms with Gasteiger partial charge < -0.3 is 10.6 Å². The Balaban J connectivity index is 1.50. The Hall–Kier alpha value is -3.90. The molecule has 1 aliphatic rings. The van der Waals surface area contributed by atoms with E-state index in [4.69, 9.17) is 47.6 Å². The van der Waals surface area contributed by atoms with Crippen LogP contribution in [0, 0.1) is 0 Å². The molecule has 0 aliphatic carbocycles. The van der Waals surface area contributed by atoms with Crippen LogP contribution < -0.4 is 21.5 Å². The van der Waals surface area contributed by atoms with E-state index in [1.54, 1.807) is 79.7 Å². The standard InChI is InChI=1S/C26H21Cl2N7O2S2/c1-15(35-23(36)20-4-2-3-5-21(20)24(35)37)22(32-34-26(39)31-19-12-8-17(28)9-13-19)14-29-33-25(38)30-18-10-6-16(27)7-11-18/h2-15H,1H3,(H2,30,33,38)(H2,31,34,39)/b29-14-,32-22-. The number of hydrazone groups is 2. The summed E-state index contributed by atoms with van der Waals surface area (Å²) in [5.41, 5.74) is 7.70. The van der Waals surface area contributed by atoms with Crippen molar-refractivity contribution in [2.45, 2.75) is 13.0 Å². The highest BCUT2D eigenvalue weighted by molar-refractivity contribution is 7.80. The molecule has 0 spiro atoms. The van der Waals surface area contributed by atoms with Crippen LogP contribution in [0.5, 0.6) is 0 Å². The van der Waals surface area contributed by atoms with Crippen LogP contribution >= 0.6 is 47.6 Å². The molecule has 9 nitrogen and oxygen atoms in total. The smallest absolute Gasteiger partial charge is 0.262 e. The van der Waals surface area contributed by atoms with Gasteiger partial charge in [-0.15, -0.1) is 0 Å². The van der Waals surface area contributed by atoms with Crippen LogP contribution in [0.1, 0.15) is 27.6 Å². The van der Waals surface area contributed by atoms with Gasteiger partial charge in [0.1, 0.15) is 5.71 Å². The van der Waals surface area contributed by atoms with E-state index in [0.29, 0.717) is 32.5 Å². The van der Waals surface area contributed by atoms with Gasteiger partial charge in [-0.1, -0.05) is 35.3 Å². The van der Waals surface area contributed by atoms with Gasteiger partial charge in [0.15, 0.2) is 10.2 Å². The first-order valence-electron chi connectivity index (χ1n) is 11.5. The minimum absolute atomic E-state index is 0.172. The third-order valence-electron chi connectivity index (χ3n) is 5.49. The summed E-state index contributed by atoms with van der Waals surface area (Å²) in [6.45, 7) is 1.66. The molecule has 3 aromatic carbocycles. The molecule has 4 N–H and O–H groups in total. The van der Waals surface area contributed by atoms with Crippen LogP contribution in [0.2, 0.25) is 10.0 Å². The number of hydrogen-bond donors (Lipinski definition) is 4. The molecule has 0 saturated carbocycles. The molecule has 0 aromatic heterocycles. The number of carbonyl (C=O) groups excluding carboxylic acids is 2. The number of anilines is 2. The van der Waals surface area contributed by atoms with E-state index in [1.165, 1.54) is 6.21 Å². The van der Waals surface area contributed by atoms with Crippen LogP contribution in [0.4, 0.5) is 11.4 Å². The Kier molecular flexibility index (Phi) is 9.20. The van der Waals surface area contributed by atoms with Crippen LogP contribution in [-0.2, 0) is 0 Å². The fraction of sp³-hybridized carbons (Fsp3) is 0.0769. The second-order valence-corrected chi connectivity index (χ2v) is 9.83. The number of carbonyl (C=O) groups is 2. The molecule has 39 heavy (non-hydrogen) atoms. The molecule has 198 valence electrons. The minimum atomic E-state index is -0.799. The highest BCUT2D eigenvalue weighted by Gasteiger charge is 2.39. The summed E-state index contributed by atoms with van der Waals surface area (Å²) in [6.07, 6.45) is 1.35. The zero-order chi connectivity index (χ0) is 27.9. The highest BCUT2D eigenvalue weighted by atomic mass is 35.5. The number of rotatable bonds is 7. The first kappa shape index (κ1) is 28.1. The molecule has 1 unspecified atom stereocenters. The Bertz CT molecular complexity index is 1440. The first-order valence-corrected chi connectivity index (χ1v) is 13.0. The van der Waals surface area contributed by atoms with Crippen molar-refractivity contribution in [2.75, 3.05) is 10.6 Å². The van der Waals surface area contributed by atoms with Gasteiger partial charge >= 0.3 is 0 Å². The maximum absolute atomic E-state index is 13.0. The van der Waals surface area contributed by atoms with Gasteiger partial charge in [-0.2, -0.15) is 10.2 Å². The number of benzene rings is 3. The summed E-state index contributed by atoms with van der Waals surface area (Å²) in [6, 6.07) is 19.7. The van der Waals surface area contributed by atoms with Crippen molar-refractivity contribution in [1.29, 1.82) is 0 Å². The van der Waals surface area contributed by atoms with Gasteiger partial charge in [0.05, 0.1) is 23.4 Å². The van der Waals surface area contributed by atoms with Crippen molar-refractivity contribution < 1.29 is 9.59 Å². The molecule has 4 rings (SSSR count). The molecule has 1 aliphatic heterocycles. The fourth-order valence-corrected chi connectivity index (χ4v) is 4.16. The van der Waals surface area contributed by atoms with E-state index in [1.807, 2.05) is 0 Å². The fourth-order valence-electron chi connectivity index (χ4n) is 3.58. The van der Waals surface area contributed by atoms with Crippen molar-refractivity contribution in [3.8, 4) is 0 Å². The normalized spacial score (nSPS) is 13.7. The van der Waals surface area contributed by atoms with E-state index in [0.717, 1.165) is 4.90 Å². The number of fused-ring (bicyclic) bond motifs is 1. The second kappa shape index (κ2) is 12.8. The quantitative estimate of drug-likeness (QED) is 0.126. The van der Waals surface area contributed by atoms with Crippen molar-refractivity contribution in [1.82, 2.24) is 15.8 Å². The number of hydrogen-bond acceptors (Lipinski definition) is 6. The molecule has 0 fully saturated rings. The molecule has 0 radical (unpaired) electrons. The number of imide groups is 1. The van der Waals surface area contributed by atoms with Crippen molar-refractivity contribution >= 4 is 93.0 Å². The molecule has 13 heteroatoms. The summed E-state index contributed by atoms with van der Waals surface area (Å²) >= 11 is 22.5. The number of amides is 2. The maximum Gasteiger partial charge on any atom is 0.262 e. The zero-order valence-corrected chi connectivity index (χ0v) is 23.5. The number of nitrogens with zero attached hydrogens (tertiary/aromatic N) is 3. The molecule has 2 amide bonds. The number of nitrogens with one attached hydrogen (secondary N) is 4. The van der Waals surface area contributed by atoms with Crippen LogP contribution in [-0.4, -0.2) is 44.9 Å².